The van der Waals surface area contributed by atoms with Gasteiger partial charge in [0.2, 0.25) is 0 Å². The Labute approximate surface area is 190 Å². The monoisotopic (exact) mass is 432 g/mol. The highest BCUT2D eigenvalue weighted by Crippen LogP contribution is 2.24. The average Bonchev–Trinajstić information content (AvgIpc) is 3.19. The lowest BCUT2D eigenvalue weighted by atomic mass is 10.0. The van der Waals surface area contributed by atoms with Crippen molar-refractivity contribution in [3.05, 3.63) is 82.7 Å². The van der Waals surface area contributed by atoms with Crippen molar-refractivity contribution in [2.75, 3.05) is 34.3 Å². The van der Waals surface area contributed by atoms with E-state index in [1.165, 1.54) is 16.8 Å². The molecule has 32 heavy (non-hydrogen) atoms. The molecule has 4 rings (SSSR count). The van der Waals surface area contributed by atoms with Crippen molar-refractivity contribution in [2.24, 2.45) is 0 Å². The molecule has 0 saturated heterocycles. The van der Waals surface area contributed by atoms with Crippen molar-refractivity contribution >= 4 is 5.91 Å². The van der Waals surface area contributed by atoms with Crippen LogP contribution in [0.3, 0.4) is 0 Å². The minimum atomic E-state index is -0.0191. The van der Waals surface area contributed by atoms with E-state index in [1.807, 2.05) is 12.1 Å². The number of amides is 1. The fourth-order valence-corrected chi connectivity index (χ4v) is 4.27. The molecule has 1 aliphatic rings. The van der Waals surface area contributed by atoms with Gasteiger partial charge < -0.3 is 9.64 Å². The Morgan fingerprint density at radius 2 is 1.69 bits per heavy atom. The van der Waals surface area contributed by atoms with E-state index in [-0.39, 0.29) is 5.91 Å². The number of methoxy groups -OCH3 is 1. The second kappa shape index (κ2) is 10.0. The van der Waals surface area contributed by atoms with E-state index < -0.39 is 0 Å². The maximum atomic E-state index is 12.9. The topological polar surface area (TPSA) is 50.6 Å². The van der Waals surface area contributed by atoms with E-state index in [1.54, 1.807) is 26.1 Å². The van der Waals surface area contributed by atoms with Crippen LogP contribution >= 0.6 is 0 Å². The van der Waals surface area contributed by atoms with E-state index in [0.717, 1.165) is 56.8 Å². The quantitative estimate of drug-likeness (QED) is 0.547. The maximum Gasteiger partial charge on any atom is 0.274 e. The molecule has 0 unspecified atom stereocenters. The largest absolute Gasteiger partial charge is 0.497 e. The van der Waals surface area contributed by atoms with Crippen molar-refractivity contribution < 1.29 is 9.53 Å². The van der Waals surface area contributed by atoms with E-state index in [9.17, 15) is 4.79 Å². The van der Waals surface area contributed by atoms with Crippen molar-refractivity contribution in [1.82, 2.24) is 19.6 Å². The van der Waals surface area contributed by atoms with E-state index >= 15 is 0 Å². The number of hydrogen-bond acceptors (Lipinski definition) is 4. The molecule has 0 fully saturated rings. The zero-order valence-electron chi connectivity index (χ0n) is 19.3. The molecule has 1 aliphatic heterocycles. The number of aromatic nitrogens is 2. The summed E-state index contributed by atoms with van der Waals surface area (Å²) in [4.78, 5) is 16.9. The van der Waals surface area contributed by atoms with E-state index in [2.05, 4.69) is 52.0 Å². The van der Waals surface area contributed by atoms with Gasteiger partial charge in [-0.15, -0.1) is 0 Å². The number of rotatable bonds is 8. The SMILES string of the molecule is COc1ccc(CCn2nc(C(=O)N(C)C)c3c2CCN(CCc2ccccc2)C3)cc1. The molecule has 0 atom stereocenters. The molecule has 2 aromatic carbocycles. The van der Waals surface area contributed by atoms with Gasteiger partial charge in [0.1, 0.15) is 5.75 Å². The Kier molecular flexibility index (Phi) is 6.90. The van der Waals surface area contributed by atoms with Crippen LogP contribution in [0.25, 0.3) is 0 Å². The van der Waals surface area contributed by atoms with E-state index in [4.69, 9.17) is 9.84 Å². The molecule has 0 N–H and O–H groups in total. The van der Waals surface area contributed by atoms with Crippen LogP contribution in [0.1, 0.15) is 32.9 Å². The molecule has 3 aromatic rings. The van der Waals surface area contributed by atoms with Gasteiger partial charge in [-0.3, -0.25) is 14.4 Å². The predicted molar refractivity (Wildman–Crippen MR) is 126 cm³/mol. The van der Waals surface area contributed by atoms with Gasteiger partial charge in [-0.25, -0.2) is 0 Å². The number of ether oxygens (including phenoxy) is 1. The molecule has 168 valence electrons. The van der Waals surface area contributed by atoms with Gasteiger partial charge >= 0.3 is 0 Å². The van der Waals surface area contributed by atoms with E-state index in [0.29, 0.717) is 5.69 Å². The molecule has 0 saturated carbocycles. The van der Waals surface area contributed by atoms with Crippen molar-refractivity contribution in [3.8, 4) is 5.75 Å². The Bertz CT molecular complexity index is 1040. The number of hydrogen-bond donors (Lipinski definition) is 0. The summed E-state index contributed by atoms with van der Waals surface area (Å²) in [7, 11) is 5.26. The Morgan fingerprint density at radius 1 is 1.00 bits per heavy atom. The van der Waals surface area contributed by atoms with Crippen LogP contribution < -0.4 is 4.74 Å². The minimum Gasteiger partial charge on any atom is -0.497 e. The summed E-state index contributed by atoms with van der Waals surface area (Å²) in [6.07, 6.45) is 2.80. The second-order valence-corrected chi connectivity index (χ2v) is 8.56. The summed E-state index contributed by atoms with van der Waals surface area (Å²) in [6.45, 7) is 3.51. The van der Waals surface area contributed by atoms with Gasteiger partial charge in [-0.2, -0.15) is 5.10 Å². The van der Waals surface area contributed by atoms with Crippen LogP contribution in [-0.2, 0) is 32.4 Å². The van der Waals surface area contributed by atoms with Gasteiger partial charge in [0.25, 0.3) is 5.91 Å². The van der Waals surface area contributed by atoms with Crippen LogP contribution in [0.2, 0.25) is 0 Å². The molecule has 0 radical (unpaired) electrons. The van der Waals surface area contributed by atoms with Crippen LogP contribution in [0.5, 0.6) is 5.75 Å². The number of nitrogens with zero attached hydrogens (tertiary/aromatic N) is 4. The fourth-order valence-electron chi connectivity index (χ4n) is 4.27. The highest BCUT2D eigenvalue weighted by Gasteiger charge is 2.28. The van der Waals surface area contributed by atoms with Gasteiger partial charge in [0.05, 0.1) is 7.11 Å². The van der Waals surface area contributed by atoms with Gasteiger partial charge in [0.15, 0.2) is 5.69 Å². The maximum absolute atomic E-state index is 12.9. The lowest BCUT2D eigenvalue weighted by molar-refractivity contribution is 0.0818. The highest BCUT2D eigenvalue weighted by molar-refractivity contribution is 5.93. The van der Waals surface area contributed by atoms with Crippen LogP contribution in [0.4, 0.5) is 0 Å². The Balaban J connectivity index is 1.50. The first-order chi connectivity index (χ1) is 15.5. The summed E-state index contributed by atoms with van der Waals surface area (Å²) in [5, 5.41) is 4.79. The van der Waals surface area contributed by atoms with Gasteiger partial charge in [0, 0.05) is 58.0 Å². The van der Waals surface area contributed by atoms with Gasteiger partial charge in [-0.05, 0) is 36.1 Å². The summed E-state index contributed by atoms with van der Waals surface area (Å²) in [5.74, 6) is 0.842. The molecular formula is C26H32N4O2. The van der Waals surface area contributed by atoms with Crippen molar-refractivity contribution in [1.29, 1.82) is 0 Å². The summed E-state index contributed by atoms with van der Waals surface area (Å²) >= 11 is 0. The molecular weight excluding hydrogens is 400 g/mol. The molecule has 0 bridgehead atoms. The first kappa shape index (κ1) is 22.1. The standard InChI is InChI=1S/C26H32N4O2/c1-28(2)26(31)25-23-19-29(16-13-20-7-5-4-6-8-20)17-15-24(23)30(27-25)18-14-21-9-11-22(32-3)12-10-21/h4-12H,13-19H2,1-3H3. The minimum absolute atomic E-state index is 0.0191. The lowest BCUT2D eigenvalue weighted by Crippen LogP contribution is -2.34. The third-order valence-corrected chi connectivity index (χ3v) is 6.15. The molecule has 2 heterocycles. The smallest absolute Gasteiger partial charge is 0.274 e. The number of aryl methyl sites for hydroxylation is 2. The second-order valence-electron chi connectivity index (χ2n) is 8.56. The summed E-state index contributed by atoms with van der Waals surface area (Å²) < 4.78 is 7.31. The molecule has 1 amide bonds. The molecule has 6 heteroatoms. The molecule has 6 nitrogen and oxygen atoms in total. The van der Waals surface area contributed by atoms with Gasteiger partial charge in [-0.1, -0.05) is 42.5 Å². The number of fused-ring (bicyclic) bond motifs is 1. The highest BCUT2D eigenvalue weighted by atomic mass is 16.5. The lowest BCUT2D eigenvalue weighted by Gasteiger charge is -2.28. The Hall–Kier alpha value is -3.12. The summed E-state index contributed by atoms with van der Waals surface area (Å²) in [6, 6.07) is 18.7. The number of carbonyl (C=O) groups excluding carboxylic acids is 1. The predicted octanol–water partition coefficient (Wildman–Crippen LogP) is 3.44. The first-order valence-electron chi connectivity index (χ1n) is 11.2. The Morgan fingerprint density at radius 3 is 2.38 bits per heavy atom. The molecule has 0 spiro atoms. The fraction of sp³-hybridized carbons (Fsp3) is 0.385. The average molecular weight is 433 g/mol. The normalized spacial score (nSPS) is 13.6. The zero-order chi connectivity index (χ0) is 22.5. The molecule has 0 aliphatic carbocycles. The zero-order valence-corrected chi connectivity index (χ0v) is 19.3. The third kappa shape index (κ3) is 5.02. The van der Waals surface area contributed by atoms with Crippen LogP contribution in [0.15, 0.2) is 54.6 Å². The van der Waals surface area contributed by atoms with Crippen molar-refractivity contribution in [2.45, 2.75) is 32.4 Å². The van der Waals surface area contributed by atoms with Crippen molar-refractivity contribution in [3.63, 3.8) is 0 Å². The number of benzene rings is 2. The third-order valence-electron chi connectivity index (χ3n) is 6.15. The van der Waals surface area contributed by atoms with Crippen LogP contribution in [-0.4, -0.2) is 59.8 Å². The molecule has 1 aromatic heterocycles. The number of carbonyl (C=O) groups is 1. The van der Waals surface area contributed by atoms with Crippen LogP contribution in [0, 0.1) is 0 Å². The first-order valence-corrected chi connectivity index (χ1v) is 11.2. The summed E-state index contributed by atoms with van der Waals surface area (Å²) in [5.41, 5.74) is 5.48.